The van der Waals surface area contributed by atoms with Gasteiger partial charge in [0.1, 0.15) is 5.60 Å². The summed E-state index contributed by atoms with van der Waals surface area (Å²) in [7, 11) is -6.27. The van der Waals surface area contributed by atoms with Crippen LogP contribution in [0.2, 0.25) is 0 Å². The zero-order valence-electron chi connectivity index (χ0n) is 78.0. The predicted molar refractivity (Wildman–Crippen MR) is 583 cm³/mol. The van der Waals surface area contributed by atoms with Gasteiger partial charge in [-0.2, -0.15) is 27.7 Å². The third-order valence-electron chi connectivity index (χ3n) is 27.8. The van der Waals surface area contributed by atoms with Crippen molar-refractivity contribution in [1.29, 1.82) is 0 Å². The molecule has 5 aliphatic rings. The van der Waals surface area contributed by atoms with E-state index in [1.165, 1.54) is 119 Å². The Hall–Kier alpha value is -12.2. The Morgan fingerprint density at radius 1 is 0.366 bits per heavy atom. The molecule has 23 aromatic rings. The summed E-state index contributed by atoms with van der Waals surface area (Å²) in [4.78, 5) is 29.3. The van der Waals surface area contributed by atoms with Crippen molar-refractivity contribution in [3.05, 3.63) is 514 Å². The quantitative estimate of drug-likeness (QED) is 0.0525. The Balaban J connectivity index is 0.000000115. The average molecular weight is 2300 g/mol. The van der Waals surface area contributed by atoms with Gasteiger partial charge in [-0.05, 0) is 259 Å². The van der Waals surface area contributed by atoms with Gasteiger partial charge in [-0.1, -0.05) is 355 Å². The third-order valence-corrected chi connectivity index (χ3v) is 30.2. The minimum absolute atomic E-state index is 0. The molecule has 13 nitrogen and oxygen atoms in total. The monoisotopic (exact) mass is 2300 g/mol. The largest absolute Gasteiger partial charge is 0.304 e. The molecule has 2 N–H and O–H groups in total. The van der Waals surface area contributed by atoms with E-state index in [-0.39, 0.29) is 50.9 Å². The molecular formula is C120H83BBr5F3MgMnN4O9S. The van der Waals surface area contributed by atoms with Crippen molar-refractivity contribution in [3.63, 3.8) is 0 Å². The van der Waals surface area contributed by atoms with E-state index in [2.05, 4.69) is 366 Å². The molecule has 3 unspecified atom stereocenters. The number of aliphatic hydroxyl groups is 1. The number of aromatic nitrogens is 4. The number of rotatable bonds is 6. The summed E-state index contributed by atoms with van der Waals surface area (Å²) in [5, 5.41) is 38.4. The van der Waals surface area contributed by atoms with Crippen molar-refractivity contribution in [2.24, 2.45) is 0 Å². The topological polar surface area (TPSA) is 196 Å². The number of pyridine rings is 4. The summed E-state index contributed by atoms with van der Waals surface area (Å²) in [5.41, 5.74) is 8.46. The van der Waals surface area contributed by atoms with Crippen LogP contribution in [0, 0.1) is 6.07 Å². The van der Waals surface area contributed by atoms with Crippen LogP contribution in [-0.4, -0.2) is 84.9 Å². The summed E-state index contributed by atoms with van der Waals surface area (Å²) < 4.78 is 91.6. The second-order valence-electron chi connectivity index (χ2n) is 36.3. The smallest absolute Gasteiger partial charge is 0.0558 e. The molecule has 5 heterocycles. The fourth-order valence-electron chi connectivity index (χ4n) is 21.3. The van der Waals surface area contributed by atoms with Crippen LogP contribution in [-0.2, 0) is 64.8 Å². The molecule has 1 saturated heterocycles. The fourth-order valence-corrected chi connectivity index (χ4v) is 23.2. The maximum Gasteiger partial charge on any atom is -0.0558 e. The molecule has 19 aromatic carbocycles. The zero-order valence-corrected chi connectivity index (χ0v) is 89.4. The Labute approximate surface area is 900 Å². The van der Waals surface area contributed by atoms with Gasteiger partial charge in [0, 0.05) is 93.3 Å². The first-order chi connectivity index (χ1) is 69.1. The predicted octanol–water partition coefficient (Wildman–Crippen LogP) is 26.1. The van der Waals surface area contributed by atoms with E-state index in [4.69, 9.17) is 29.9 Å². The molecule has 0 radical (unpaired) electrons. The van der Waals surface area contributed by atoms with Crippen LogP contribution in [0.4, 0.5) is 13.2 Å². The van der Waals surface area contributed by atoms with Crippen LogP contribution in [0.1, 0.15) is 100 Å². The van der Waals surface area contributed by atoms with Gasteiger partial charge in [0.25, 0.3) is 0 Å². The molecule has 1 aliphatic heterocycles. The van der Waals surface area contributed by atoms with Crippen LogP contribution < -0.4 is 27.9 Å². The van der Waals surface area contributed by atoms with E-state index < -0.39 is 59.8 Å². The molecular weight excluding hydrogens is 2220 g/mol. The van der Waals surface area contributed by atoms with Crippen LogP contribution in [0.15, 0.2) is 430 Å². The molecule has 0 bridgehead atoms. The third kappa shape index (κ3) is 18.7. The van der Waals surface area contributed by atoms with Crippen LogP contribution in [0.25, 0.3) is 118 Å². The molecule has 711 valence electrons. The Bertz CT molecular complexity index is 8900. The minimum Gasteiger partial charge on any atom is -0.304 e. The minimum atomic E-state index is -5.84. The van der Waals surface area contributed by atoms with Gasteiger partial charge in [-0.25, -0.2) is 12.1 Å². The SMILES string of the molecule is Brc1cc2c3c(ccc4cccc(c43)C2(c2ccccc2)c2cccnc2)c1.Brc1cc2c3c(ccc4cccc(c43)C2)c1.CC1(C)OB(c2cc3c4c(ccc5cccc(c54)C3(c3ccccc3)c3cccnc3)c2)OC1(C)C.O=S(=O)(O)C(F)(F)F.O=c1c2cccc3ccc4cc(Br)cc1c4c32.OC1(c2cccnc2)c2cccc3ccc4cc(Br)cc1c4c23.[Br-].[Mg+2].[O]=[Mn]=[O].[c-]1cccnc1.c1ccccc1. The van der Waals surface area contributed by atoms with Gasteiger partial charge in [-0.15, -0.1) is 0 Å². The van der Waals surface area contributed by atoms with Crippen molar-refractivity contribution >= 4 is 228 Å². The molecule has 25 heteroatoms. The second kappa shape index (κ2) is 41.9. The van der Waals surface area contributed by atoms with Crippen molar-refractivity contribution in [1.82, 2.24) is 19.9 Å². The Morgan fingerprint density at radius 3 is 1.15 bits per heavy atom. The maximum absolute atomic E-state index is 12.3. The van der Waals surface area contributed by atoms with E-state index in [1.807, 2.05) is 134 Å². The molecule has 3 atom stereocenters. The Morgan fingerprint density at radius 2 is 0.710 bits per heavy atom. The number of halogens is 8. The number of benzene rings is 18. The van der Waals surface area contributed by atoms with E-state index in [0.717, 1.165) is 101 Å². The van der Waals surface area contributed by atoms with Crippen molar-refractivity contribution in [3.8, 4) is 0 Å². The van der Waals surface area contributed by atoms with Crippen molar-refractivity contribution in [2.45, 2.75) is 67.3 Å². The normalized spacial score (nSPS) is 16.2. The average Bonchev–Trinajstić information content (AvgIpc) is 1.51. The fraction of sp³-hybridized carbons (Fsp3) is 0.0917. The van der Waals surface area contributed by atoms with Gasteiger partial charge < -0.3 is 36.4 Å². The van der Waals surface area contributed by atoms with E-state index in [0.29, 0.717) is 0 Å². The number of nitrogens with zero attached hydrogens (tertiary/aromatic N) is 4. The van der Waals surface area contributed by atoms with Gasteiger partial charge in [0.15, 0.2) is 5.43 Å². The van der Waals surface area contributed by atoms with Gasteiger partial charge in [0.2, 0.25) is 0 Å². The summed E-state index contributed by atoms with van der Waals surface area (Å²) in [6, 6.07) is 128. The molecule has 28 rings (SSSR count). The first-order valence-electron chi connectivity index (χ1n) is 45.8. The summed E-state index contributed by atoms with van der Waals surface area (Å²) in [6.45, 7) is 8.43. The van der Waals surface area contributed by atoms with E-state index in [1.54, 1.807) is 24.8 Å². The van der Waals surface area contributed by atoms with Crippen LogP contribution >= 0.6 is 63.7 Å². The van der Waals surface area contributed by atoms with Gasteiger partial charge in [-0.3, -0.25) is 24.3 Å². The van der Waals surface area contributed by atoms with Crippen molar-refractivity contribution in [2.75, 3.05) is 0 Å². The Kier molecular flexibility index (Phi) is 29.7. The number of alkyl halides is 3. The van der Waals surface area contributed by atoms with E-state index >= 15 is 0 Å². The van der Waals surface area contributed by atoms with E-state index in [9.17, 15) is 23.1 Å². The summed E-state index contributed by atoms with van der Waals surface area (Å²) in [6.07, 6.45) is 15.6. The molecule has 1 fully saturated rings. The van der Waals surface area contributed by atoms with Crippen molar-refractivity contribution < 1.29 is 80.0 Å². The first-order valence-corrected chi connectivity index (χ1v) is 51.4. The number of hydrogen-bond donors (Lipinski definition) is 2. The summed E-state index contributed by atoms with van der Waals surface area (Å²) in [5.74, 6) is 0. The summed E-state index contributed by atoms with van der Waals surface area (Å²) >= 11 is 13.0. The number of hydrogen-bond acceptors (Lipinski definition) is 12. The standard InChI is InChI=1S/C32H28BNO2.C26H16BrN.C20H12BrNO.C15H7BrO.C15H9Br.C6H6.C5H4N.CHF3O3S.BrH.Mg.Mn.2O/c1-30(2)31(3,4)36-33(35-30)25-18-22-16-15-21-10-8-14-26-28(21)29(22)27(19-25)32(26,23-11-6-5-7-12-23)24-13-9-17-34-20-24;27-21-14-18-12-11-17-6-4-10-22-24(17)25(18)23(15-21)26(22,19-7-2-1-3-8-19)20-9-5-13-28-16-20;21-15-9-13-7-6-12-3-1-5-16-18(12)19(13)17(10-15)20(16,23)14-4-2-8-22-11-14;16-10-6-9-5-4-8-2-1-3-11-13(8)14(9)12(7-10)15(11)17;16-13-7-11-5-4-9-2-1-3-10-6-12(8-13)15(11)14(9)10;2*1-2-4-6-5-3-1;2-1(3,4)8(5,6)7;;;;;/h5-20H,1-4H3;1-16H;1-11,23H;1-7H;1-5,7-8H,6H2;1-6H;1-2,4-5H;(H,5,6,7);1H;;;;/q;;;;;;-1;;;+2;;;/p-1. The molecule has 0 spiro atoms. The molecule has 0 saturated carbocycles. The molecule has 4 aliphatic carbocycles. The first kappa shape index (κ1) is 103. The molecule has 0 amide bonds. The van der Waals surface area contributed by atoms with Crippen LogP contribution in [0.5, 0.6) is 0 Å². The van der Waals surface area contributed by atoms with Gasteiger partial charge >= 0.3 is 68.3 Å². The van der Waals surface area contributed by atoms with Crippen LogP contribution in [0.3, 0.4) is 0 Å². The second-order valence-corrected chi connectivity index (χ2v) is 41.6. The maximum atomic E-state index is 12.3. The van der Waals surface area contributed by atoms with Gasteiger partial charge in [0.05, 0.1) is 22.0 Å². The molecule has 4 aromatic heterocycles. The zero-order chi connectivity index (χ0) is 99.5. The molecule has 145 heavy (non-hydrogen) atoms.